The van der Waals surface area contributed by atoms with Crippen LogP contribution in [-0.4, -0.2) is 36.1 Å². The summed E-state index contributed by atoms with van der Waals surface area (Å²) in [5.74, 6) is 0.706. The molecule has 0 bridgehead atoms. The molecule has 1 aromatic rings. The number of anilines is 2. The molecule has 0 unspecified atom stereocenters. The Morgan fingerprint density at radius 2 is 2.19 bits per heavy atom. The molecule has 2 N–H and O–H groups in total. The number of rotatable bonds is 5. The minimum absolute atomic E-state index is 0.225. The van der Waals surface area contributed by atoms with Crippen LogP contribution in [0.4, 0.5) is 11.6 Å². The molecular weight excluding hydrogens is 208 g/mol. The van der Waals surface area contributed by atoms with Gasteiger partial charge in [0.05, 0.1) is 13.0 Å². The molecule has 0 aromatic carbocycles. The van der Waals surface area contributed by atoms with Crippen molar-refractivity contribution in [3.05, 3.63) is 12.4 Å². The number of nitrogens with zero attached hydrogens (tertiary/aromatic N) is 3. The minimum Gasteiger partial charge on any atom is -0.466 e. The molecule has 0 spiro atoms. The second kappa shape index (κ2) is 5.89. The summed E-state index contributed by atoms with van der Waals surface area (Å²) in [7, 11) is 1.81. The molecule has 0 radical (unpaired) electrons. The fraction of sp³-hybridized carbons (Fsp3) is 0.500. The summed E-state index contributed by atoms with van der Waals surface area (Å²) in [5.41, 5.74) is 5.66. The number of hydrogen-bond donors (Lipinski definition) is 1. The highest BCUT2D eigenvalue weighted by molar-refractivity contribution is 5.70. The van der Waals surface area contributed by atoms with Crippen molar-refractivity contribution in [1.29, 1.82) is 0 Å². The molecule has 1 aromatic heterocycles. The van der Waals surface area contributed by atoms with Gasteiger partial charge in [0.1, 0.15) is 0 Å². The van der Waals surface area contributed by atoms with Crippen molar-refractivity contribution in [2.24, 2.45) is 0 Å². The lowest BCUT2D eigenvalue weighted by Crippen LogP contribution is -2.24. The lowest BCUT2D eigenvalue weighted by molar-refractivity contribution is -0.142. The molecule has 0 fully saturated rings. The molecule has 0 aliphatic rings. The first kappa shape index (κ1) is 12.2. The maximum absolute atomic E-state index is 11.1. The number of esters is 1. The number of carbonyl (C=O) groups excluding carboxylic acids is 1. The van der Waals surface area contributed by atoms with E-state index in [1.165, 1.54) is 6.20 Å². The zero-order valence-corrected chi connectivity index (χ0v) is 9.51. The van der Waals surface area contributed by atoms with Gasteiger partial charge in [0.2, 0.25) is 0 Å². The van der Waals surface area contributed by atoms with Gasteiger partial charge in [-0.3, -0.25) is 4.79 Å². The summed E-state index contributed by atoms with van der Waals surface area (Å²) >= 11 is 0. The third-order valence-electron chi connectivity index (χ3n) is 2.02. The predicted molar refractivity (Wildman–Crippen MR) is 61.0 cm³/mol. The molecule has 0 amide bonds. The number of aromatic nitrogens is 2. The van der Waals surface area contributed by atoms with E-state index in [1.54, 1.807) is 25.1 Å². The van der Waals surface area contributed by atoms with Gasteiger partial charge in [-0.05, 0) is 6.92 Å². The highest BCUT2D eigenvalue weighted by Gasteiger charge is 2.09. The van der Waals surface area contributed by atoms with Crippen LogP contribution in [0.15, 0.2) is 12.4 Å². The van der Waals surface area contributed by atoms with Gasteiger partial charge in [-0.25, -0.2) is 9.97 Å². The van der Waals surface area contributed by atoms with Crippen molar-refractivity contribution < 1.29 is 9.53 Å². The van der Waals surface area contributed by atoms with Crippen molar-refractivity contribution in [2.45, 2.75) is 13.3 Å². The van der Waals surface area contributed by atoms with Crippen LogP contribution in [-0.2, 0) is 9.53 Å². The smallest absolute Gasteiger partial charge is 0.307 e. The molecule has 1 heterocycles. The Morgan fingerprint density at radius 1 is 1.50 bits per heavy atom. The third-order valence-corrected chi connectivity index (χ3v) is 2.02. The highest BCUT2D eigenvalue weighted by Crippen LogP contribution is 2.14. The standard InChI is InChI=1S/C10H16N4O2/c1-3-16-8(15)4-7-14(2)10-9(11)12-5-6-13-10/h5-6H,3-4,7H2,1-2H3,(H2,11,12). The molecule has 0 saturated heterocycles. The van der Waals surface area contributed by atoms with E-state index in [1.807, 2.05) is 0 Å². The Bertz CT molecular complexity index is 356. The van der Waals surface area contributed by atoms with Crippen molar-refractivity contribution in [3.63, 3.8) is 0 Å². The Kier molecular flexibility index (Phi) is 4.50. The number of ether oxygens (including phenoxy) is 1. The van der Waals surface area contributed by atoms with E-state index in [9.17, 15) is 4.79 Å². The van der Waals surface area contributed by atoms with E-state index in [0.29, 0.717) is 31.2 Å². The monoisotopic (exact) mass is 224 g/mol. The molecule has 16 heavy (non-hydrogen) atoms. The van der Waals surface area contributed by atoms with Crippen molar-refractivity contribution >= 4 is 17.6 Å². The number of hydrogen-bond acceptors (Lipinski definition) is 6. The van der Waals surface area contributed by atoms with Crippen LogP contribution in [0.3, 0.4) is 0 Å². The van der Waals surface area contributed by atoms with Gasteiger partial charge in [-0.1, -0.05) is 0 Å². The van der Waals surface area contributed by atoms with Crippen molar-refractivity contribution in [3.8, 4) is 0 Å². The SMILES string of the molecule is CCOC(=O)CCN(C)c1nccnc1N. The first-order valence-corrected chi connectivity index (χ1v) is 5.08. The lowest BCUT2D eigenvalue weighted by Gasteiger charge is -2.18. The fourth-order valence-electron chi connectivity index (χ4n) is 1.23. The van der Waals surface area contributed by atoms with Gasteiger partial charge in [-0.15, -0.1) is 0 Å². The minimum atomic E-state index is -0.225. The Morgan fingerprint density at radius 3 is 2.81 bits per heavy atom. The van der Waals surface area contributed by atoms with Crippen LogP contribution < -0.4 is 10.6 Å². The summed E-state index contributed by atoms with van der Waals surface area (Å²) in [6.45, 7) is 2.68. The second-order valence-corrected chi connectivity index (χ2v) is 3.24. The molecule has 0 aliphatic carbocycles. The van der Waals surface area contributed by atoms with Gasteiger partial charge in [0, 0.05) is 26.0 Å². The summed E-state index contributed by atoms with van der Waals surface area (Å²) in [6, 6.07) is 0. The number of nitrogens with two attached hydrogens (primary N) is 1. The lowest BCUT2D eigenvalue weighted by atomic mass is 10.4. The Hall–Kier alpha value is -1.85. The van der Waals surface area contributed by atoms with Crippen LogP contribution in [0.5, 0.6) is 0 Å². The van der Waals surface area contributed by atoms with E-state index in [4.69, 9.17) is 10.5 Å². The third kappa shape index (κ3) is 3.38. The molecule has 88 valence electrons. The van der Waals surface area contributed by atoms with E-state index in [2.05, 4.69) is 9.97 Å². The highest BCUT2D eigenvalue weighted by atomic mass is 16.5. The molecule has 6 nitrogen and oxygen atoms in total. The molecule has 0 atom stereocenters. The van der Waals surface area contributed by atoms with Crippen LogP contribution in [0.2, 0.25) is 0 Å². The second-order valence-electron chi connectivity index (χ2n) is 3.24. The van der Waals surface area contributed by atoms with E-state index >= 15 is 0 Å². The summed E-state index contributed by atoms with van der Waals surface area (Å²) in [6.07, 6.45) is 3.39. The predicted octanol–water partition coefficient (Wildman–Crippen LogP) is 0.448. The van der Waals surface area contributed by atoms with Crippen molar-refractivity contribution in [1.82, 2.24) is 9.97 Å². The van der Waals surface area contributed by atoms with Gasteiger partial charge < -0.3 is 15.4 Å². The quantitative estimate of drug-likeness (QED) is 0.731. The van der Waals surface area contributed by atoms with Crippen LogP contribution in [0.1, 0.15) is 13.3 Å². The Balaban J connectivity index is 2.50. The summed E-state index contributed by atoms with van der Waals surface area (Å²) in [5, 5.41) is 0. The van der Waals surface area contributed by atoms with Crippen LogP contribution in [0, 0.1) is 0 Å². The van der Waals surface area contributed by atoms with E-state index in [-0.39, 0.29) is 5.97 Å². The van der Waals surface area contributed by atoms with Crippen molar-refractivity contribution in [2.75, 3.05) is 30.8 Å². The van der Waals surface area contributed by atoms with Crippen LogP contribution >= 0.6 is 0 Å². The molecule has 6 heteroatoms. The topological polar surface area (TPSA) is 81.3 Å². The zero-order valence-electron chi connectivity index (χ0n) is 9.51. The fourth-order valence-corrected chi connectivity index (χ4v) is 1.23. The van der Waals surface area contributed by atoms with E-state index < -0.39 is 0 Å². The average molecular weight is 224 g/mol. The maximum atomic E-state index is 11.1. The molecule has 0 aliphatic heterocycles. The molecular formula is C10H16N4O2. The van der Waals surface area contributed by atoms with Gasteiger partial charge in [-0.2, -0.15) is 0 Å². The van der Waals surface area contributed by atoms with Crippen LogP contribution in [0.25, 0.3) is 0 Å². The first-order valence-electron chi connectivity index (χ1n) is 5.08. The summed E-state index contributed by atoms with van der Waals surface area (Å²) < 4.78 is 4.83. The molecule has 0 saturated carbocycles. The first-order chi connectivity index (χ1) is 7.65. The molecule has 1 rings (SSSR count). The number of nitrogen functional groups attached to an aromatic ring is 1. The largest absolute Gasteiger partial charge is 0.466 e. The maximum Gasteiger partial charge on any atom is 0.307 e. The van der Waals surface area contributed by atoms with Gasteiger partial charge in [0.25, 0.3) is 0 Å². The Labute approximate surface area is 94.4 Å². The number of carbonyl (C=O) groups is 1. The van der Waals surface area contributed by atoms with E-state index in [0.717, 1.165) is 0 Å². The van der Waals surface area contributed by atoms with Gasteiger partial charge in [0.15, 0.2) is 11.6 Å². The summed E-state index contributed by atoms with van der Waals surface area (Å²) in [4.78, 5) is 20.9. The normalized spacial score (nSPS) is 9.88. The zero-order chi connectivity index (χ0) is 12.0. The van der Waals surface area contributed by atoms with Gasteiger partial charge >= 0.3 is 5.97 Å². The average Bonchev–Trinajstić information content (AvgIpc) is 2.27.